The van der Waals surface area contributed by atoms with E-state index in [0.29, 0.717) is 25.3 Å². The number of ether oxygens (including phenoxy) is 2. The first-order valence-electron chi connectivity index (χ1n) is 7.80. The number of halogens is 1. The second kappa shape index (κ2) is 8.06. The zero-order valence-electron chi connectivity index (χ0n) is 13.5. The molecule has 126 valence electrons. The Hall–Kier alpha value is -1.95. The fraction of sp³-hybridized carbons (Fsp3) is 0.529. The zero-order chi connectivity index (χ0) is 16.8. The maximum atomic E-state index is 13.1. The highest BCUT2D eigenvalue weighted by Gasteiger charge is 2.35. The molecule has 1 aromatic carbocycles. The van der Waals surface area contributed by atoms with Gasteiger partial charge in [0.1, 0.15) is 11.9 Å². The van der Waals surface area contributed by atoms with Crippen LogP contribution in [0, 0.1) is 11.7 Å². The smallest absolute Gasteiger partial charge is 0.327 e. The van der Waals surface area contributed by atoms with Gasteiger partial charge in [-0.3, -0.25) is 9.69 Å². The lowest BCUT2D eigenvalue weighted by atomic mass is 9.94. The van der Waals surface area contributed by atoms with Crippen molar-refractivity contribution in [2.75, 3.05) is 26.8 Å². The molecule has 1 aliphatic heterocycles. The molecular weight excluding hydrogens is 301 g/mol. The van der Waals surface area contributed by atoms with E-state index in [4.69, 9.17) is 9.47 Å². The fourth-order valence-electron chi connectivity index (χ4n) is 2.95. The summed E-state index contributed by atoms with van der Waals surface area (Å²) < 4.78 is 23.1. The van der Waals surface area contributed by atoms with Crippen LogP contribution in [0.15, 0.2) is 24.3 Å². The maximum Gasteiger partial charge on any atom is 0.327 e. The van der Waals surface area contributed by atoms with Crippen LogP contribution in [0.2, 0.25) is 0 Å². The fourth-order valence-corrected chi connectivity index (χ4v) is 2.95. The first kappa shape index (κ1) is 17.4. The Labute approximate surface area is 135 Å². The number of likely N-dealkylation sites (tertiary alicyclic amines) is 1. The normalized spacial score (nSPS) is 19.9. The monoisotopic (exact) mass is 323 g/mol. The number of rotatable bonds is 5. The third-order valence-electron chi connectivity index (χ3n) is 4.05. The molecule has 1 heterocycles. The van der Waals surface area contributed by atoms with E-state index < -0.39 is 12.0 Å². The third-order valence-corrected chi connectivity index (χ3v) is 4.05. The molecule has 1 aromatic rings. The lowest BCUT2D eigenvalue weighted by molar-refractivity contribution is -0.154. The number of hydrogen-bond donors (Lipinski definition) is 0. The van der Waals surface area contributed by atoms with Gasteiger partial charge in [-0.05, 0) is 44.0 Å². The lowest BCUT2D eigenvalue weighted by Crippen LogP contribution is -2.44. The molecule has 0 amide bonds. The SMILES string of the molecule is CCOC(=O)C1CCCN(C(C(=O)OC)c2ccc(F)cc2)C1. The van der Waals surface area contributed by atoms with Gasteiger partial charge < -0.3 is 9.47 Å². The van der Waals surface area contributed by atoms with Crippen molar-refractivity contribution >= 4 is 11.9 Å². The van der Waals surface area contributed by atoms with E-state index in [9.17, 15) is 14.0 Å². The van der Waals surface area contributed by atoms with Gasteiger partial charge >= 0.3 is 11.9 Å². The molecule has 6 heteroatoms. The second-order valence-corrected chi connectivity index (χ2v) is 5.56. The molecule has 1 saturated heterocycles. The molecule has 0 aromatic heterocycles. The van der Waals surface area contributed by atoms with E-state index in [1.165, 1.54) is 19.2 Å². The predicted molar refractivity (Wildman–Crippen MR) is 82.1 cm³/mol. The van der Waals surface area contributed by atoms with Gasteiger partial charge in [0.15, 0.2) is 0 Å². The summed E-state index contributed by atoms with van der Waals surface area (Å²) in [6.07, 6.45) is 1.53. The Balaban J connectivity index is 2.20. The van der Waals surface area contributed by atoms with Crippen LogP contribution < -0.4 is 0 Å². The van der Waals surface area contributed by atoms with Gasteiger partial charge in [0.05, 0.1) is 19.6 Å². The van der Waals surface area contributed by atoms with Gasteiger partial charge in [-0.1, -0.05) is 12.1 Å². The van der Waals surface area contributed by atoms with Crippen molar-refractivity contribution in [1.29, 1.82) is 0 Å². The Morgan fingerprint density at radius 1 is 1.35 bits per heavy atom. The summed E-state index contributed by atoms with van der Waals surface area (Å²) >= 11 is 0. The molecule has 1 aliphatic rings. The predicted octanol–water partition coefficient (Wildman–Crippen LogP) is 2.31. The first-order chi connectivity index (χ1) is 11.1. The Bertz CT molecular complexity index is 546. The van der Waals surface area contributed by atoms with Crippen LogP contribution in [0.4, 0.5) is 4.39 Å². The van der Waals surface area contributed by atoms with Crippen LogP contribution in [0.25, 0.3) is 0 Å². The summed E-state index contributed by atoms with van der Waals surface area (Å²) in [5.74, 6) is -1.27. The molecule has 0 saturated carbocycles. The molecule has 0 radical (unpaired) electrons. The number of nitrogens with zero attached hydrogens (tertiary/aromatic N) is 1. The zero-order valence-corrected chi connectivity index (χ0v) is 13.5. The summed E-state index contributed by atoms with van der Waals surface area (Å²) in [6.45, 7) is 3.21. The van der Waals surface area contributed by atoms with Crippen molar-refractivity contribution < 1.29 is 23.5 Å². The van der Waals surface area contributed by atoms with E-state index in [-0.39, 0.29) is 17.7 Å². The van der Waals surface area contributed by atoms with Gasteiger partial charge in [0.25, 0.3) is 0 Å². The molecule has 2 unspecified atom stereocenters. The van der Waals surface area contributed by atoms with E-state index in [2.05, 4.69) is 0 Å². The van der Waals surface area contributed by atoms with Crippen LogP contribution >= 0.6 is 0 Å². The summed E-state index contributed by atoms with van der Waals surface area (Å²) in [6, 6.07) is 5.14. The number of methoxy groups -OCH3 is 1. The van der Waals surface area contributed by atoms with Crippen molar-refractivity contribution in [3.05, 3.63) is 35.6 Å². The quantitative estimate of drug-likeness (QED) is 0.778. The van der Waals surface area contributed by atoms with Crippen LogP contribution in [-0.2, 0) is 19.1 Å². The standard InChI is InChI=1S/C17H22FNO4/c1-3-23-16(20)13-5-4-10-19(11-13)15(17(21)22-2)12-6-8-14(18)9-7-12/h6-9,13,15H,3-5,10-11H2,1-2H3. The Kier molecular flexibility index (Phi) is 6.10. The Morgan fingerprint density at radius 2 is 2.04 bits per heavy atom. The molecule has 1 fully saturated rings. The highest BCUT2D eigenvalue weighted by atomic mass is 19.1. The van der Waals surface area contributed by atoms with Crippen LogP contribution in [0.1, 0.15) is 31.4 Å². The topological polar surface area (TPSA) is 55.8 Å². The van der Waals surface area contributed by atoms with Crippen molar-refractivity contribution in [1.82, 2.24) is 4.90 Å². The van der Waals surface area contributed by atoms with Crippen molar-refractivity contribution in [3.63, 3.8) is 0 Å². The molecule has 5 nitrogen and oxygen atoms in total. The Morgan fingerprint density at radius 3 is 2.65 bits per heavy atom. The highest BCUT2D eigenvalue weighted by molar-refractivity contribution is 5.78. The number of carbonyl (C=O) groups is 2. The van der Waals surface area contributed by atoms with E-state index >= 15 is 0 Å². The summed E-state index contributed by atoms with van der Waals surface area (Å²) in [4.78, 5) is 26.1. The van der Waals surface area contributed by atoms with E-state index in [1.54, 1.807) is 19.1 Å². The number of hydrogen-bond acceptors (Lipinski definition) is 5. The van der Waals surface area contributed by atoms with Gasteiger partial charge in [-0.25, -0.2) is 9.18 Å². The van der Waals surface area contributed by atoms with E-state index in [0.717, 1.165) is 12.8 Å². The van der Waals surface area contributed by atoms with Crippen molar-refractivity contribution in [3.8, 4) is 0 Å². The van der Waals surface area contributed by atoms with E-state index in [1.807, 2.05) is 4.90 Å². The number of carbonyl (C=O) groups excluding carboxylic acids is 2. The molecular formula is C17H22FNO4. The minimum absolute atomic E-state index is 0.236. The second-order valence-electron chi connectivity index (χ2n) is 5.56. The number of esters is 2. The number of piperidine rings is 1. The van der Waals surface area contributed by atoms with Gasteiger partial charge in [-0.2, -0.15) is 0 Å². The van der Waals surface area contributed by atoms with Gasteiger partial charge in [0.2, 0.25) is 0 Å². The first-order valence-corrected chi connectivity index (χ1v) is 7.80. The average molecular weight is 323 g/mol. The maximum absolute atomic E-state index is 13.1. The molecule has 0 bridgehead atoms. The van der Waals surface area contributed by atoms with Crippen LogP contribution in [0.5, 0.6) is 0 Å². The molecule has 2 rings (SSSR count). The molecule has 23 heavy (non-hydrogen) atoms. The van der Waals surface area contributed by atoms with Gasteiger partial charge in [-0.15, -0.1) is 0 Å². The lowest BCUT2D eigenvalue weighted by Gasteiger charge is -2.36. The summed E-state index contributed by atoms with van der Waals surface area (Å²) in [5, 5.41) is 0. The van der Waals surface area contributed by atoms with Crippen LogP contribution in [-0.4, -0.2) is 43.6 Å². The molecule has 0 aliphatic carbocycles. The minimum Gasteiger partial charge on any atom is -0.468 e. The summed E-state index contributed by atoms with van der Waals surface area (Å²) in [5.41, 5.74) is 0.655. The minimum atomic E-state index is -0.641. The molecule has 0 N–H and O–H groups in total. The highest BCUT2D eigenvalue weighted by Crippen LogP contribution is 2.28. The van der Waals surface area contributed by atoms with Crippen molar-refractivity contribution in [2.45, 2.75) is 25.8 Å². The third kappa shape index (κ3) is 4.28. The van der Waals surface area contributed by atoms with Crippen molar-refractivity contribution in [2.24, 2.45) is 5.92 Å². The number of benzene rings is 1. The van der Waals surface area contributed by atoms with Gasteiger partial charge in [0, 0.05) is 6.54 Å². The average Bonchev–Trinajstić information content (AvgIpc) is 2.57. The largest absolute Gasteiger partial charge is 0.468 e. The summed E-state index contributed by atoms with van der Waals surface area (Å²) in [7, 11) is 1.33. The molecule has 2 atom stereocenters. The molecule has 0 spiro atoms. The van der Waals surface area contributed by atoms with Crippen LogP contribution in [0.3, 0.4) is 0 Å².